The minimum Gasteiger partial charge on any atom is -0.146 e. The molecule has 0 spiro atoms. The van der Waals surface area contributed by atoms with Crippen LogP contribution < -0.4 is 0 Å². The highest BCUT2D eigenvalue weighted by atomic mass is 35.7. The van der Waals surface area contributed by atoms with Crippen LogP contribution in [0.25, 0.3) is 0 Å². The molecule has 0 unspecified atom stereocenters. The van der Waals surface area contributed by atoms with Gasteiger partial charge in [0.05, 0.1) is 0 Å². The fourth-order valence-electron chi connectivity index (χ4n) is 2.41. The standard InChI is InChI=1S/C16H34Cl2Si/c1-4-5-6-7-8-9-10-11-14-19(17,18)15-12-13-16(2)3/h16H,4-15H2,1-3H3. The van der Waals surface area contributed by atoms with E-state index in [2.05, 4.69) is 20.8 Å². The largest absolute Gasteiger partial charge is 0.251 e. The molecule has 0 saturated heterocycles. The maximum atomic E-state index is 6.51. The normalized spacial score (nSPS) is 12.3. The lowest BCUT2D eigenvalue weighted by Crippen LogP contribution is -2.18. The first-order valence-electron chi connectivity index (χ1n) is 8.36. The van der Waals surface area contributed by atoms with E-state index < -0.39 is 6.69 Å². The lowest BCUT2D eigenvalue weighted by molar-refractivity contribution is 0.572. The summed E-state index contributed by atoms with van der Waals surface area (Å²) in [6.07, 6.45) is 13.4. The summed E-state index contributed by atoms with van der Waals surface area (Å²) in [7, 11) is 0. The molecule has 0 N–H and O–H groups in total. The molecule has 0 aromatic heterocycles. The van der Waals surface area contributed by atoms with Gasteiger partial charge in [0, 0.05) is 0 Å². The molecule has 3 heteroatoms. The van der Waals surface area contributed by atoms with Gasteiger partial charge in [-0.15, -0.1) is 22.2 Å². The first-order chi connectivity index (χ1) is 8.98. The summed E-state index contributed by atoms with van der Waals surface area (Å²) < 4.78 is 0. The average Bonchev–Trinajstić information content (AvgIpc) is 2.31. The molecular formula is C16H34Cl2Si. The highest BCUT2D eigenvalue weighted by Crippen LogP contribution is 2.30. The molecular weight excluding hydrogens is 291 g/mol. The Bertz CT molecular complexity index is 193. The molecule has 0 aromatic carbocycles. The van der Waals surface area contributed by atoms with Crippen molar-refractivity contribution in [3.8, 4) is 0 Å². The molecule has 0 atom stereocenters. The maximum Gasteiger partial charge on any atom is 0.251 e. The van der Waals surface area contributed by atoms with Crippen molar-refractivity contribution in [2.75, 3.05) is 0 Å². The zero-order valence-electron chi connectivity index (χ0n) is 13.3. The van der Waals surface area contributed by atoms with E-state index in [4.69, 9.17) is 22.2 Å². The quantitative estimate of drug-likeness (QED) is 0.187. The Morgan fingerprint density at radius 1 is 0.737 bits per heavy atom. The Kier molecular flexibility index (Phi) is 13.1. The van der Waals surface area contributed by atoms with Gasteiger partial charge in [0.2, 0.25) is 0 Å². The zero-order valence-corrected chi connectivity index (χ0v) is 15.8. The summed E-state index contributed by atoms with van der Waals surface area (Å²) in [6, 6.07) is 2.19. The van der Waals surface area contributed by atoms with Crippen molar-refractivity contribution in [3.05, 3.63) is 0 Å². The van der Waals surface area contributed by atoms with Crippen LogP contribution in [0.3, 0.4) is 0 Å². The number of halogens is 2. The van der Waals surface area contributed by atoms with Crippen molar-refractivity contribution in [2.45, 2.75) is 97.1 Å². The second-order valence-corrected chi connectivity index (χ2v) is 14.0. The molecule has 0 aliphatic carbocycles. The SMILES string of the molecule is CCCCCCCCCC[Si](Cl)(Cl)CCCC(C)C. The third kappa shape index (κ3) is 15.0. The van der Waals surface area contributed by atoms with E-state index in [1.807, 2.05) is 0 Å². The topological polar surface area (TPSA) is 0 Å². The van der Waals surface area contributed by atoms with Crippen molar-refractivity contribution in [1.82, 2.24) is 0 Å². The lowest BCUT2D eigenvalue weighted by Gasteiger charge is -2.17. The van der Waals surface area contributed by atoms with E-state index in [0.29, 0.717) is 0 Å². The second-order valence-electron chi connectivity index (χ2n) is 6.37. The van der Waals surface area contributed by atoms with E-state index in [-0.39, 0.29) is 0 Å². The Morgan fingerprint density at radius 2 is 1.21 bits per heavy atom. The summed E-state index contributed by atoms with van der Waals surface area (Å²) in [5.74, 6) is 0.779. The van der Waals surface area contributed by atoms with E-state index in [0.717, 1.165) is 18.0 Å². The van der Waals surface area contributed by atoms with E-state index in [9.17, 15) is 0 Å². The Labute approximate surface area is 132 Å². The molecule has 0 aliphatic rings. The molecule has 116 valence electrons. The second kappa shape index (κ2) is 12.5. The molecule has 19 heavy (non-hydrogen) atoms. The Balaban J connectivity index is 3.37. The number of hydrogen-bond donors (Lipinski definition) is 0. The van der Waals surface area contributed by atoms with Gasteiger partial charge in [0.15, 0.2) is 0 Å². The third-order valence-electron chi connectivity index (χ3n) is 3.72. The molecule has 0 rings (SSSR count). The predicted molar refractivity (Wildman–Crippen MR) is 93.8 cm³/mol. The third-order valence-corrected chi connectivity index (χ3v) is 8.16. The van der Waals surface area contributed by atoms with Gasteiger partial charge < -0.3 is 0 Å². The van der Waals surface area contributed by atoms with Gasteiger partial charge in [-0.1, -0.05) is 85.0 Å². The predicted octanol–water partition coefficient (Wildman–Crippen LogP) is 7.48. The van der Waals surface area contributed by atoms with Gasteiger partial charge in [-0.3, -0.25) is 0 Å². The van der Waals surface area contributed by atoms with E-state index in [1.54, 1.807) is 0 Å². The van der Waals surface area contributed by atoms with Crippen LogP contribution in [0.2, 0.25) is 12.1 Å². The molecule has 0 fully saturated rings. The van der Waals surface area contributed by atoms with Gasteiger partial charge >= 0.3 is 0 Å². The molecule has 0 bridgehead atoms. The van der Waals surface area contributed by atoms with Crippen molar-refractivity contribution >= 4 is 28.9 Å². The van der Waals surface area contributed by atoms with Crippen LogP contribution in [0.1, 0.15) is 85.0 Å². The lowest BCUT2D eigenvalue weighted by atomic mass is 10.1. The molecule has 0 amide bonds. The highest BCUT2D eigenvalue weighted by molar-refractivity contribution is 7.45. The van der Waals surface area contributed by atoms with Crippen LogP contribution in [0.5, 0.6) is 0 Å². The van der Waals surface area contributed by atoms with Crippen LogP contribution in [-0.2, 0) is 0 Å². The van der Waals surface area contributed by atoms with Crippen LogP contribution in [-0.4, -0.2) is 6.69 Å². The molecule has 0 aliphatic heterocycles. The van der Waals surface area contributed by atoms with Gasteiger partial charge in [-0.05, 0) is 18.0 Å². The number of hydrogen-bond acceptors (Lipinski definition) is 0. The van der Waals surface area contributed by atoms with Crippen LogP contribution in [0, 0.1) is 5.92 Å². The summed E-state index contributed by atoms with van der Waals surface area (Å²) in [5, 5.41) is 0. The van der Waals surface area contributed by atoms with Crippen molar-refractivity contribution in [3.63, 3.8) is 0 Å². The molecule has 0 saturated carbocycles. The van der Waals surface area contributed by atoms with Gasteiger partial charge in [0.1, 0.15) is 0 Å². The van der Waals surface area contributed by atoms with Gasteiger partial charge in [0.25, 0.3) is 6.69 Å². The summed E-state index contributed by atoms with van der Waals surface area (Å²) in [4.78, 5) is 0. The first-order valence-corrected chi connectivity index (χ1v) is 12.8. The maximum absolute atomic E-state index is 6.51. The minimum atomic E-state index is -1.91. The number of rotatable bonds is 13. The van der Waals surface area contributed by atoms with Gasteiger partial charge in [-0.25, -0.2) is 0 Å². The highest BCUT2D eigenvalue weighted by Gasteiger charge is 2.26. The van der Waals surface area contributed by atoms with E-state index in [1.165, 1.54) is 64.2 Å². The fraction of sp³-hybridized carbons (Fsp3) is 1.00. The molecule has 0 nitrogen and oxygen atoms in total. The fourth-order valence-corrected chi connectivity index (χ4v) is 5.75. The summed E-state index contributed by atoms with van der Waals surface area (Å²) in [5.41, 5.74) is 0. The van der Waals surface area contributed by atoms with Crippen LogP contribution in [0.15, 0.2) is 0 Å². The summed E-state index contributed by atoms with van der Waals surface area (Å²) in [6.45, 7) is 4.90. The molecule has 0 radical (unpaired) electrons. The van der Waals surface area contributed by atoms with Gasteiger partial charge in [-0.2, -0.15) is 0 Å². The minimum absolute atomic E-state index is 0.779. The van der Waals surface area contributed by atoms with Crippen molar-refractivity contribution in [1.29, 1.82) is 0 Å². The first kappa shape index (κ1) is 19.8. The Morgan fingerprint density at radius 3 is 1.74 bits per heavy atom. The van der Waals surface area contributed by atoms with Crippen LogP contribution in [0.4, 0.5) is 0 Å². The average molecular weight is 325 g/mol. The van der Waals surface area contributed by atoms with Crippen molar-refractivity contribution in [2.24, 2.45) is 5.92 Å². The monoisotopic (exact) mass is 324 g/mol. The summed E-state index contributed by atoms with van der Waals surface area (Å²) >= 11 is 13.0. The van der Waals surface area contributed by atoms with Crippen molar-refractivity contribution < 1.29 is 0 Å². The number of unbranched alkanes of at least 4 members (excludes halogenated alkanes) is 7. The molecule has 0 aromatic rings. The smallest absolute Gasteiger partial charge is 0.146 e. The van der Waals surface area contributed by atoms with E-state index >= 15 is 0 Å². The zero-order chi connectivity index (χ0) is 14.6. The molecule has 0 heterocycles. The Hall–Kier alpha value is 0.797. The van der Waals surface area contributed by atoms with Crippen LogP contribution >= 0.6 is 22.2 Å².